The minimum Gasteiger partial charge on any atom is -0.506 e. The number of carbonyl (C=O) groups excluding carboxylic acids is 2. The zero-order valence-electron chi connectivity index (χ0n) is 12.8. The first-order chi connectivity index (χ1) is 9.42. The minimum atomic E-state index is -0.634. The van der Waals surface area contributed by atoms with Crippen LogP contribution in [0.5, 0.6) is 5.75 Å². The lowest BCUT2D eigenvalue weighted by molar-refractivity contribution is -0.0199. The SMILES string of the molecule is CCN(CC)C(C)OC(=O)c1cccc(C(C)=O)c1O.Cl. The molecule has 1 aromatic rings. The molecule has 1 atom stereocenters. The van der Waals surface area contributed by atoms with E-state index in [0.29, 0.717) is 0 Å². The summed E-state index contributed by atoms with van der Waals surface area (Å²) in [6, 6.07) is 4.47. The van der Waals surface area contributed by atoms with Crippen LogP contribution in [0.15, 0.2) is 18.2 Å². The van der Waals surface area contributed by atoms with Gasteiger partial charge >= 0.3 is 5.97 Å². The van der Waals surface area contributed by atoms with Gasteiger partial charge in [-0.3, -0.25) is 9.69 Å². The number of aromatic hydroxyl groups is 1. The largest absolute Gasteiger partial charge is 0.506 e. The van der Waals surface area contributed by atoms with Crippen molar-refractivity contribution in [2.24, 2.45) is 0 Å². The first-order valence-electron chi connectivity index (χ1n) is 6.70. The summed E-state index contributed by atoms with van der Waals surface area (Å²) < 4.78 is 5.31. The minimum absolute atomic E-state index is 0. The van der Waals surface area contributed by atoms with Crippen molar-refractivity contribution in [1.82, 2.24) is 4.90 Å². The molecule has 0 bridgehead atoms. The lowest BCUT2D eigenvalue weighted by Gasteiger charge is -2.26. The van der Waals surface area contributed by atoms with Gasteiger partial charge in [-0.25, -0.2) is 4.79 Å². The van der Waals surface area contributed by atoms with Gasteiger partial charge in [-0.05, 0) is 39.1 Å². The number of nitrogens with zero attached hydrogens (tertiary/aromatic N) is 1. The highest BCUT2D eigenvalue weighted by molar-refractivity contribution is 6.02. The quantitative estimate of drug-likeness (QED) is 0.497. The average molecular weight is 316 g/mol. The number of esters is 1. The molecule has 1 unspecified atom stereocenters. The molecule has 6 heteroatoms. The summed E-state index contributed by atoms with van der Waals surface area (Å²) in [7, 11) is 0. The van der Waals surface area contributed by atoms with Gasteiger partial charge in [0, 0.05) is 0 Å². The number of ketones is 1. The molecule has 0 saturated heterocycles. The van der Waals surface area contributed by atoms with Gasteiger partial charge < -0.3 is 9.84 Å². The normalized spacial score (nSPS) is 11.7. The van der Waals surface area contributed by atoms with Crippen molar-refractivity contribution < 1.29 is 19.4 Å². The third-order valence-corrected chi connectivity index (χ3v) is 3.24. The van der Waals surface area contributed by atoms with E-state index in [-0.39, 0.29) is 35.1 Å². The number of para-hydroxylation sites is 1. The molecule has 1 rings (SSSR count). The molecule has 0 spiro atoms. The fourth-order valence-corrected chi connectivity index (χ4v) is 2.02. The molecule has 0 fully saturated rings. The van der Waals surface area contributed by atoms with Crippen LogP contribution < -0.4 is 0 Å². The summed E-state index contributed by atoms with van der Waals surface area (Å²) in [5.74, 6) is -1.25. The van der Waals surface area contributed by atoms with Crippen molar-refractivity contribution in [3.8, 4) is 5.75 Å². The number of carbonyl (C=O) groups is 2. The predicted molar refractivity (Wildman–Crippen MR) is 83.2 cm³/mol. The number of rotatable bonds is 6. The number of ether oxygens (including phenoxy) is 1. The third-order valence-electron chi connectivity index (χ3n) is 3.24. The Morgan fingerprint density at radius 2 is 1.76 bits per heavy atom. The Morgan fingerprint density at radius 1 is 1.24 bits per heavy atom. The monoisotopic (exact) mass is 315 g/mol. The summed E-state index contributed by atoms with van der Waals surface area (Å²) >= 11 is 0. The van der Waals surface area contributed by atoms with Crippen molar-refractivity contribution in [2.75, 3.05) is 13.1 Å². The van der Waals surface area contributed by atoms with Gasteiger partial charge in [-0.2, -0.15) is 0 Å². The van der Waals surface area contributed by atoms with Crippen LogP contribution in [-0.2, 0) is 4.74 Å². The average Bonchev–Trinajstić information content (AvgIpc) is 2.39. The zero-order chi connectivity index (χ0) is 15.3. The van der Waals surface area contributed by atoms with Crippen molar-refractivity contribution in [2.45, 2.75) is 33.9 Å². The van der Waals surface area contributed by atoms with Gasteiger partial charge in [-0.15, -0.1) is 12.4 Å². The Labute approximate surface area is 131 Å². The number of phenolic OH excluding ortho intramolecular Hbond substituents is 1. The second-order valence-corrected chi connectivity index (χ2v) is 4.48. The van der Waals surface area contributed by atoms with E-state index >= 15 is 0 Å². The van der Waals surface area contributed by atoms with Crippen LogP contribution in [0.4, 0.5) is 0 Å². The number of phenols is 1. The van der Waals surface area contributed by atoms with Crippen molar-refractivity contribution in [3.05, 3.63) is 29.3 Å². The molecule has 1 N–H and O–H groups in total. The Hall–Kier alpha value is -1.59. The first-order valence-corrected chi connectivity index (χ1v) is 6.70. The molecule has 21 heavy (non-hydrogen) atoms. The molecule has 1 aromatic carbocycles. The van der Waals surface area contributed by atoms with Gasteiger partial charge in [0.1, 0.15) is 11.3 Å². The second-order valence-electron chi connectivity index (χ2n) is 4.48. The van der Waals surface area contributed by atoms with Crippen LogP contribution in [0.3, 0.4) is 0 Å². The summed E-state index contributed by atoms with van der Waals surface area (Å²) in [4.78, 5) is 25.4. The summed E-state index contributed by atoms with van der Waals surface area (Å²) in [6.07, 6.45) is -0.391. The molecule has 5 nitrogen and oxygen atoms in total. The van der Waals surface area contributed by atoms with E-state index in [0.717, 1.165) is 13.1 Å². The van der Waals surface area contributed by atoms with E-state index in [4.69, 9.17) is 4.74 Å². The Balaban J connectivity index is 0.00000400. The van der Waals surface area contributed by atoms with E-state index in [1.807, 2.05) is 18.7 Å². The number of benzene rings is 1. The highest BCUT2D eigenvalue weighted by Crippen LogP contribution is 2.24. The van der Waals surface area contributed by atoms with Gasteiger partial charge in [0.05, 0.1) is 5.56 Å². The summed E-state index contributed by atoms with van der Waals surface area (Å²) in [5.41, 5.74) is 0.131. The Bertz CT molecular complexity index is 500. The van der Waals surface area contributed by atoms with Gasteiger partial charge in [-0.1, -0.05) is 19.9 Å². The van der Waals surface area contributed by atoms with Gasteiger partial charge in [0.2, 0.25) is 0 Å². The maximum absolute atomic E-state index is 12.1. The van der Waals surface area contributed by atoms with Crippen LogP contribution in [0.2, 0.25) is 0 Å². The summed E-state index contributed by atoms with van der Waals surface area (Å²) in [5, 5.41) is 9.96. The van der Waals surface area contributed by atoms with E-state index in [2.05, 4.69) is 0 Å². The van der Waals surface area contributed by atoms with Crippen LogP contribution in [0.1, 0.15) is 48.4 Å². The lowest BCUT2D eigenvalue weighted by atomic mass is 10.1. The molecule has 118 valence electrons. The van der Waals surface area contributed by atoms with Crippen molar-refractivity contribution >= 4 is 24.2 Å². The van der Waals surface area contributed by atoms with E-state index in [9.17, 15) is 14.7 Å². The molecule has 0 aliphatic rings. The van der Waals surface area contributed by atoms with Gasteiger partial charge in [0.15, 0.2) is 12.0 Å². The summed E-state index contributed by atoms with van der Waals surface area (Å²) in [6.45, 7) is 8.57. The molecular formula is C15H22ClNO4. The van der Waals surface area contributed by atoms with E-state index in [1.165, 1.54) is 19.1 Å². The number of halogens is 1. The second kappa shape index (κ2) is 8.64. The molecule has 0 aromatic heterocycles. The topological polar surface area (TPSA) is 66.8 Å². The van der Waals surface area contributed by atoms with E-state index in [1.54, 1.807) is 13.0 Å². The zero-order valence-corrected chi connectivity index (χ0v) is 13.6. The van der Waals surface area contributed by atoms with Crippen LogP contribution in [0, 0.1) is 0 Å². The van der Waals surface area contributed by atoms with Crippen LogP contribution >= 0.6 is 12.4 Å². The Morgan fingerprint density at radius 3 is 2.24 bits per heavy atom. The molecule has 0 heterocycles. The highest BCUT2D eigenvalue weighted by Gasteiger charge is 2.21. The van der Waals surface area contributed by atoms with Crippen molar-refractivity contribution in [1.29, 1.82) is 0 Å². The Kier molecular flexibility index (Phi) is 7.99. The first kappa shape index (κ1) is 19.4. The molecule has 0 amide bonds. The number of hydrogen-bond donors (Lipinski definition) is 1. The fraction of sp³-hybridized carbons (Fsp3) is 0.467. The predicted octanol–water partition coefficient (Wildman–Crippen LogP) is 2.86. The fourth-order valence-electron chi connectivity index (χ4n) is 2.02. The lowest BCUT2D eigenvalue weighted by Crippen LogP contribution is -2.36. The van der Waals surface area contributed by atoms with Crippen molar-refractivity contribution in [3.63, 3.8) is 0 Å². The van der Waals surface area contributed by atoms with E-state index < -0.39 is 12.2 Å². The number of Topliss-reactive ketones (excluding diaryl/α,β-unsaturated/α-hetero) is 1. The molecule has 0 radical (unpaired) electrons. The standard InChI is InChI=1S/C15H21NO4.ClH/c1-5-16(6-2)11(4)20-15(19)13-9-7-8-12(10(3)17)14(13)18;/h7-9,11,18H,5-6H2,1-4H3;1H. The number of hydrogen-bond acceptors (Lipinski definition) is 5. The van der Waals surface area contributed by atoms with Crippen LogP contribution in [-0.4, -0.2) is 41.1 Å². The van der Waals surface area contributed by atoms with Crippen LogP contribution in [0.25, 0.3) is 0 Å². The molecule has 0 saturated carbocycles. The maximum Gasteiger partial charge on any atom is 0.343 e. The highest BCUT2D eigenvalue weighted by atomic mass is 35.5. The smallest absolute Gasteiger partial charge is 0.343 e. The molecule has 0 aliphatic heterocycles. The maximum atomic E-state index is 12.1. The van der Waals surface area contributed by atoms with Gasteiger partial charge in [0.25, 0.3) is 0 Å². The molecular weight excluding hydrogens is 294 g/mol. The third kappa shape index (κ3) is 4.72. The molecule has 0 aliphatic carbocycles.